The number of piperidine rings is 1. The van der Waals surface area contributed by atoms with E-state index < -0.39 is 0 Å². The molecule has 1 amide bonds. The predicted octanol–water partition coefficient (Wildman–Crippen LogP) is 1.71. The second kappa shape index (κ2) is 6.82. The van der Waals surface area contributed by atoms with Gasteiger partial charge in [-0.05, 0) is 37.8 Å². The van der Waals surface area contributed by atoms with Crippen LogP contribution in [0.25, 0.3) is 0 Å². The molecule has 0 unspecified atom stereocenters. The van der Waals surface area contributed by atoms with E-state index in [1.54, 1.807) is 23.2 Å². The lowest BCUT2D eigenvalue weighted by molar-refractivity contribution is 0.0701. The summed E-state index contributed by atoms with van der Waals surface area (Å²) in [5.41, 5.74) is -0.116. The van der Waals surface area contributed by atoms with Gasteiger partial charge in [0.25, 0.3) is 11.5 Å². The summed E-state index contributed by atoms with van der Waals surface area (Å²) < 4.78 is 2.26. The monoisotopic (exact) mass is 341 g/mol. The standard InChI is InChI=1S/C18H23N5O2/c24-17-14(7-4-9-19-17)18(25)22-10-5-6-13(12-22)16-21-20-15-8-2-1-3-11-23(15)16/h4,7,9,13H,1-3,5-6,8,10-12H2,(H,19,24)/t13-/m0/s1. The Morgan fingerprint density at radius 2 is 2.08 bits per heavy atom. The summed E-state index contributed by atoms with van der Waals surface area (Å²) in [6.07, 6.45) is 8.02. The van der Waals surface area contributed by atoms with Crippen LogP contribution in [0, 0.1) is 0 Å². The van der Waals surface area contributed by atoms with E-state index in [-0.39, 0.29) is 22.9 Å². The Labute approximate surface area is 146 Å². The summed E-state index contributed by atoms with van der Waals surface area (Å²) in [5, 5.41) is 8.84. The fourth-order valence-corrected chi connectivity index (χ4v) is 3.94. The quantitative estimate of drug-likeness (QED) is 0.901. The molecule has 1 N–H and O–H groups in total. The van der Waals surface area contributed by atoms with E-state index in [9.17, 15) is 9.59 Å². The molecule has 0 aliphatic carbocycles. The van der Waals surface area contributed by atoms with Crippen molar-refractivity contribution in [3.63, 3.8) is 0 Å². The number of rotatable bonds is 2. The number of hydrogen-bond acceptors (Lipinski definition) is 4. The molecule has 2 aromatic heterocycles. The third-order valence-corrected chi connectivity index (χ3v) is 5.26. The Morgan fingerprint density at radius 1 is 1.16 bits per heavy atom. The first-order valence-corrected chi connectivity index (χ1v) is 9.13. The number of nitrogens with one attached hydrogen (secondary N) is 1. The van der Waals surface area contributed by atoms with Crippen molar-refractivity contribution < 1.29 is 4.79 Å². The fraction of sp³-hybridized carbons (Fsp3) is 0.556. The maximum Gasteiger partial charge on any atom is 0.260 e. The molecule has 4 heterocycles. The molecule has 1 atom stereocenters. The summed E-state index contributed by atoms with van der Waals surface area (Å²) in [6.45, 7) is 2.26. The van der Waals surface area contributed by atoms with E-state index in [2.05, 4.69) is 19.7 Å². The van der Waals surface area contributed by atoms with Crippen LogP contribution in [0.1, 0.15) is 60.0 Å². The van der Waals surface area contributed by atoms with Crippen LogP contribution < -0.4 is 5.56 Å². The molecule has 0 bridgehead atoms. The third-order valence-electron chi connectivity index (χ3n) is 5.26. The SMILES string of the molecule is O=C(c1ccc[nH]c1=O)N1CCC[C@H](c2nnc3n2CCCCC3)C1. The van der Waals surface area contributed by atoms with E-state index in [1.807, 2.05) is 0 Å². The van der Waals surface area contributed by atoms with Crippen molar-refractivity contribution in [3.05, 3.63) is 45.9 Å². The molecule has 2 aromatic rings. The van der Waals surface area contributed by atoms with Crippen molar-refractivity contribution in [2.24, 2.45) is 0 Å². The molecule has 0 spiro atoms. The molecule has 7 heteroatoms. The highest BCUT2D eigenvalue weighted by Crippen LogP contribution is 2.28. The van der Waals surface area contributed by atoms with Gasteiger partial charge in [-0.1, -0.05) is 6.42 Å². The number of aromatic nitrogens is 4. The van der Waals surface area contributed by atoms with E-state index in [0.717, 1.165) is 43.9 Å². The maximum absolute atomic E-state index is 12.7. The van der Waals surface area contributed by atoms with Crippen LogP contribution >= 0.6 is 0 Å². The number of carbonyl (C=O) groups is 1. The highest BCUT2D eigenvalue weighted by Gasteiger charge is 2.30. The normalized spacial score (nSPS) is 20.8. The highest BCUT2D eigenvalue weighted by molar-refractivity contribution is 5.93. The fourth-order valence-electron chi connectivity index (χ4n) is 3.94. The molecule has 0 saturated carbocycles. The molecule has 1 fully saturated rings. The molecular formula is C18H23N5O2. The minimum Gasteiger partial charge on any atom is -0.338 e. The highest BCUT2D eigenvalue weighted by atomic mass is 16.2. The zero-order valence-electron chi connectivity index (χ0n) is 14.3. The van der Waals surface area contributed by atoms with Crippen molar-refractivity contribution >= 4 is 5.91 Å². The van der Waals surface area contributed by atoms with Gasteiger partial charge in [-0.3, -0.25) is 9.59 Å². The number of carbonyl (C=O) groups excluding carboxylic acids is 1. The maximum atomic E-state index is 12.7. The van der Waals surface area contributed by atoms with E-state index in [1.165, 1.54) is 12.8 Å². The predicted molar refractivity (Wildman–Crippen MR) is 92.5 cm³/mol. The molecule has 0 radical (unpaired) electrons. The van der Waals surface area contributed by atoms with Crippen molar-refractivity contribution in [3.8, 4) is 0 Å². The Morgan fingerprint density at radius 3 is 2.96 bits per heavy atom. The minimum atomic E-state index is -0.328. The number of likely N-dealkylation sites (tertiary alicyclic amines) is 1. The van der Waals surface area contributed by atoms with Crippen molar-refractivity contribution in [2.75, 3.05) is 13.1 Å². The zero-order valence-corrected chi connectivity index (χ0v) is 14.3. The van der Waals surface area contributed by atoms with Gasteiger partial charge in [0.2, 0.25) is 0 Å². The minimum absolute atomic E-state index is 0.192. The summed E-state index contributed by atoms with van der Waals surface area (Å²) >= 11 is 0. The van der Waals surface area contributed by atoms with E-state index >= 15 is 0 Å². The molecule has 0 aromatic carbocycles. The van der Waals surface area contributed by atoms with E-state index in [4.69, 9.17) is 0 Å². The number of pyridine rings is 1. The van der Waals surface area contributed by atoms with Gasteiger partial charge >= 0.3 is 0 Å². The van der Waals surface area contributed by atoms with Gasteiger partial charge in [0.05, 0.1) is 0 Å². The van der Waals surface area contributed by atoms with Crippen LogP contribution in [-0.4, -0.2) is 43.6 Å². The van der Waals surface area contributed by atoms with Gasteiger partial charge in [-0.2, -0.15) is 0 Å². The smallest absolute Gasteiger partial charge is 0.260 e. The molecule has 25 heavy (non-hydrogen) atoms. The Balaban J connectivity index is 1.56. The molecule has 132 valence electrons. The summed E-state index contributed by atoms with van der Waals surface area (Å²) in [4.78, 5) is 29.0. The zero-order chi connectivity index (χ0) is 17.2. The number of aryl methyl sites for hydroxylation is 1. The number of nitrogens with zero attached hydrogens (tertiary/aromatic N) is 4. The molecule has 2 aliphatic heterocycles. The first kappa shape index (κ1) is 16.1. The van der Waals surface area contributed by atoms with Crippen LogP contribution in [0.5, 0.6) is 0 Å². The molecule has 4 rings (SSSR count). The number of H-pyrrole nitrogens is 1. The molecule has 7 nitrogen and oxygen atoms in total. The van der Waals surface area contributed by atoms with Gasteiger partial charge < -0.3 is 14.5 Å². The largest absolute Gasteiger partial charge is 0.338 e. The number of amides is 1. The van der Waals surface area contributed by atoms with Gasteiger partial charge in [0.15, 0.2) is 0 Å². The van der Waals surface area contributed by atoms with Crippen molar-refractivity contribution in [1.82, 2.24) is 24.6 Å². The second-order valence-corrected chi connectivity index (χ2v) is 6.94. The molecule has 2 aliphatic rings. The van der Waals surface area contributed by atoms with Crippen LogP contribution in [0.15, 0.2) is 23.1 Å². The van der Waals surface area contributed by atoms with Gasteiger partial charge in [0.1, 0.15) is 17.2 Å². The van der Waals surface area contributed by atoms with E-state index in [0.29, 0.717) is 13.1 Å². The first-order chi connectivity index (χ1) is 12.2. The average Bonchev–Trinajstić information content (AvgIpc) is 2.90. The van der Waals surface area contributed by atoms with Gasteiger partial charge in [-0.25, -0.2) is 0 Å². The van der Waals surface area contributed by atoms with Crippen molar-refractivity contribution in [1.29, 1.82) is 0 Å². The van der Waals surface area contributed by atoms with Crippen LogP contribution in [0.2, 0.25) is 0 Å². The van der Waals surface area contributed by atoms with Crippen LogP contribution in [-0.2, 0) is 13.0 Å². The summed E-state index contributed by atoms with van der Waals surface area (Å²) in [7, 11) is 0. The van der Waals surface area contributed by atoms with Crippen LogP contribution in [0.4, 0.5) is 0 Å². The Kier molecular flexibility index (Phi) is 4.38. The second-order valence-electron chi connectivity index (χ2n) is 6.94. The van der Waals surface area contributed by atoms with Gasteiger partial charge in [0, 0.05) is 38.2 Å². The lowest BCUT2D eigenvalue weighted by atomic mass is 9.96. The number of fused-ring (bicyclic) bond motifs is 1. The summed E-state index contributed by atoms with van der Waals surface area (Å²) in [6, 6.07) is 3.28. The average molecular weight is 341 g/mol. The molecule has 1 saturated heterocycles. The lowest BCUT2D eigenvalue weighted by Crippen LogP contribution is -2.41. The lowest BCUT2D eigenvalue weighted by Gasteiger charge is -2.32. The molecular weight excluding hydrogens is 318 g/mol. The first-order valence-electron chi connectivity index (χ1n) is 9.13. The Hall–Kier alpha value is -2.44. The third kappa shape index (κ3) is 3.10. The Bertz CT molecular complexity index is 825. The summed E-state index contributed by atoms with van der Waals surface area (Å²) in [5.74, 6) is 2.09. The number of aromatic amines is 1. The topological polar surface area (TPSA) is 83.9 Å². The van der Waals surface area contributed by atoms with Crippen LogP contribution in [0.3, 0.4) is 0 Å². The number of hydrogen-bond donors (Lipinski definition) is 1. The van der Waals surface area contributed by atoms with Crippen molar-refractivity contribution in [2.45, 2.75) is 51.0 Å². The van der Waals surface area contributed by atoms with Gasteiger partial charge in [-0.15, -0.1) is 10.2 Å².